The fourth-order valence-electron chi connectivity index (χ4n) is 5.12. The van der Waals surface area contributed by atoms with E-state index in [1.807, 2.05) is 0 Å². The van der Waals surface area contributed by atoms with Gasteiger partial charge < -0.3 is 20.3 Å². The number of hydrogen-bond acceptors (Lipinski definition) is 8. The summed E-state index contributed by atoms with van der Waals surface area (Å²) in [5.74, 6) is -3.63. The molecule has 0 saturated heterocycles. The maximum Gasteiger partial charge on any atom is 0.253 e. The standard InChI is InChI=1S/C26H22N2O8/c1-36-16-4-2-3-14-19(16)25(34)21-20(23(14)32)24(33)15-11-12(5-6-13(15)22(21)31)26(35)27-9-10-28-17(29)7-8-18(28)30/h2-4,7-8,12,31,33H,5-6,9-11H2,1H3,(H,27,35)/t12-/m0/s1. The molecule has 0 unspecified atom stereocenters. The zero-order valence-electron chi connectivity index (χ0n) is 19.3. The highest BCUT2D eigenvalue weighted by molar-refractivity contribution is 6.31. The number of imide groups is 1. The Labute approximate surface area is 205 Å². The number of nitrogens with one attached hydrogen (secondary N) is 1. The van der Waals surface area contributed by atoms with Crippen LogP contribution in [0.4, 0.5) is 0 Å². The molecule has 0 fully saturated rings. The summed E-state index contributed by atoms with van der Waals surface area (Å²) < 4.78 is 5.24. The molecular weight excluding hydrogens is 468 g/mol. The zero-order valence-corrected chi connectivity index (χ0v) is 19.3. The lowest BCUT2D eigenvalue weighted by Crippen LogP contribution is -2.41. The minimum atomic E-state index is -0.618. The number of nitrogens with zero attached hydrogens (tertiary/aromatic N) is 1. The van der Waals surface area contributed by atoms with E-state index in [0.717, 1.165) is 4.90 Å². The molecule has 2 aromatic rings. The predicted octanol–water partition coefficient (Wildman–Crippen LogP) is 1.03. The summed E-state index contributed by atoms with van der Waals surface area (Å²) in [7, 11) is 1.37. The Morgan fingerprint density at radius 2 is 1.67 bits per heavy atom. The molecule has 2 aromatic carbocycles. The predicted molar refractivity (Wildman–Crippen MR) is 124 cm³/mol. The minimum Gasteiger partial charge on any atom is -0.507 e. The third kappa shape index (κ3) is 3.44. The Morgan fingerprint density at radius 3 is 2.36 bits per heavy atom. The molecule has 3 aliphatic rings. The van der Waals surface area contributed by atoms with Gasteiger partial charge in [-0.1, -0.05) is 12.1 Å². The monoisotopic (exact) mass is 490 g/mol. The van der Waals surface area contributed by atoms with Crippen LogP contribution in [-0.2, 0) is 27.2 Å². The molecule has 0 spiro atoms. The lowest BCUT2D eigenvalue weighted by Gasteiger charge is -2.29. The molecule has 184 valence electrons. The molecule has 0 bridgehead atoms. The van der Waals surface area contributed by atoms with Gasteiger partial charge in [0.15, 0.2) is 5.78 Å². The first-order chi connectivity index (χ1) is 17.2. The first-order valence-electron chi connectivity index (χ1n) is 11.4. The molecule has 10 heteroatoms. The topological polar surface area (TPSA) is 150 Å². The largest absolute Gasteiger partial charge is 0.507 e. The lowest BCUT2D eigenvalue weighted by atomic mass is 9.75. The van der Waals surface area contributed by atoms with Crippen LogP contribution in [0.15, 0.2) is 30.4 Å². The highest BCUT2D eigenvalue weighted by Gasteiger charge is 2.41. The third-order valence-corrected chi connectivity index (χ3v) is 6.93. The average Bonchev–Trinajstić information content (AvgIpc) is 3.20. The van der Waals surface area contributed by atoms with Gasteiger partial charge in [-0.25, -0.2) is 0 Å². The summed E-state index contributed by atoms with van der Waals surface area (Å²) in [6.07, 6.45) is 2.91. The van der Waals surface area contributed by atoms with Crippen LogP contribution in [0.2, 0.25) is 0 Å². The van der Waals surface area contributed by atoms with E-state index in [1.54, 1.807) is 12.1 Å². The van der Waals surface area contributed by atoms with Gasteiger partial charge in [-0.05, 0) is 25.3 Å². The maximum atomic E-state index is 13.3. The van der Waals surface area contributed by atoms with Crippen molar-refractivity contribution in [3.63, 3.8) is 0 Å². The van der Waals surface area contributed by atoms with E-state index in [9.17, 15) is 34.2 Å². The van der Waals surface area contributed by atoms with Crippen molar-refractivity contribution in [2.75, 3.05) is 20.2 Å². The van der Waals surface area contributed by atoms with Crippen molar-refractivity contribution < 1.29 is 38.9 Å². The average molecular weight is 490 g/mol. The van der Waals surface area contributed by atoms with Gasteiger partial charge in [-0.2, -0.15) is 0 Å². The second-order valence-corrected chi connectivity index (χ2v) is 8.84. The number of aromatic hydroxyl groups is 2. The Morgan fingerprint density at radius 1 is 1.00 bits per heavy atom. The number of rotatable bonds is 5. The normalized spacial score (nSPS) is 18.1. The molecule has 1 atom stereocenters. The van der Waals surface area contributed by atoms with Crippen molar-refractivity contribution in [1.29, 1.82) is 0 Å². The van der Waals surface area contributed by atoms with E-state index in [0.29, 0.717) is 12.0 Å². The van der Waals surface area contributed by atoms with Crippen LogP contribution >= 0.6 is 0 Å². The molecule has 10 nitrogen and oxygen atoms in total. The van der Waals surface area contributed by atoms with Crippen LogP contribution in [0.25, 0.3) is 0 Å². The smallest absolute Gasteiger partial charge is 0.253 e. The summed E-state index contributed by atoms with van der Waals surface area (Å²) >= 11 is 0. The maximum absolute atomic E-state index is 13.3. The molecule has 5 rings (SSSR count). The van der Waals surface area contributed by atoms with Crippen molar-refractivity contribution in [2.45, 2.75) is 19.3 Å². The molecule has 1 heterocycles. The summed E-state index contributed by atoms with van der Waals surface area (Å²) in [5, 5.41) is 24.8. The molecule has 36 heavy (non-hydrogen) atoms. The molecule has 0 aromatic heterocycles. The number of phenolic OH excluding ortho intramolecular Hbond substituents is 2. The lowest BCUT2D eigenvalue weighted by molar-refractivity contribution is -0.137. The molecular formula is C26H22N2O8. The number of phenols is 2. The number of carbonyl (C=O) groups is 5. The van der Waals surface area contributed by atoms with Crippen LogP contribution < -0.4 is 10.1 Å². The Bertz CT molecular complexity index is 1390. The number of ether oxygens (including phenoxy) is 1. The van der Waals surface area contributed by atoms with Crippen LogP contribution in [0.3, 0.4) is 0 Å². The van der Waals surface area contributed by atoms with E-state index in [2.05, 4.69) is 5.32 Å². The van der Waals surface area contributed by atoms with Crippen molar-refractivity contribution in [2.24, 2.45) is 5.92 Å². The Kier molecular flexibility index (Phi) is 5.58. The molecule has 0 radical (unpaired) electrons. The van der Waals surface area contributed by atoms with Crippen LogP contribution in [0, 0.1) is 5.92 Å². The van der Waals surface area contributed by atoms with E-state index < -0.39 is 35.0 Å². The van der Waals surface area contributed by atoms with Gasteiger partial charge in [-0.15, -0.1) is 0 Å². The fraction of sp³-hybridized carbons (Fsp3) is 0.269. The van der Waals surface area contributed by atoms with Crippen LogP contribution in [0.1, 0.15) is 49.4 Å². The molecule has 2 aliphatic carbocycles. The summed E-state index contributed by atoms with van der Waals surface area (Å²) in [5.41, 5.74) is 0.132. The highest BCUT2D eigenvalue weighted by Crippen LogP contribution is 2.47. The van der Waals surface area contributed by atoms with E-state index in [-0.39, 0.29) is 71.2 Å². The molecule has 3 N–H and O–H groups in total. The number of ketones is 2. The van der Waals surface area contributed by atoms with E-state index in [1.165, 1.54) is 25.3 Å². The number of methoxy groups -OCH3 is 1. The number of hydrogen-bond donors (Lipinski definition) is 3. The van der Waals surface area contributed by atoms with Crippen molar-refractivity contribution in [1.82, 2.24) is 10.2 Å². The Hall–Kier alpha value is -4.47. The van der Waals surface area contributed by atoms with Gasteiger partial charge in [0.2, 0.25) is 11.7 Å². The second-order valence-electron chi connectivity index (χ2n) is 8.84. The van der Waals surface area contributed by atoms with Crippen LogP contribution in [-0.4, -0.2) is 64.6 Å². The van der Waals surface area contributed by atoms with E-state index in [4.69, 9.17) is 4.74 Å². The third-order valence-electron chi connectivity index (χ3n) is 6.93. The molecule has 3 amide bonds. The summed E-state index contributed by atoms with van der Waals surface area (Å²) in [4.78, 5) is 63.7. The summed E-state index contributed by atoms with van der Waals surface area (Å²) in [6, 6.07) is 4.56. The first kappa shape index (κ1) is 23.3. The highest BCUT2D eigenvalue weighted by atomic mass is 16.5. The quantitative estimate of drug-likeness (QED) is 0.355. The molecule has 1 aliphatic heterocycles. The fourth-order valence-corrected chi connectivity index (χ4v) is 5.12. The molecule has 0 saturated carbocycles. The van der Waals surface area contributed by atoms with Crippen LogP contribution in [0.5, 0.6) is 17.2 Å². The van der Waals surface area contributed by atoms with Gasteiger partial charge in [0, 0.05) is 47.8 Å². The minimum absolute atomic E-state index is 0.0265. The van der Waals surface area contributed by atoms with Gasteiger partial charge in [0.1, 0.15) is 17.2 Å². The van der Waals surface area contributed by atoms with Gasteiger partial charge >= 0.3 is 0 Å². The van der Waals surface area contributed by atoms with Crippen molar-refractivity contribution in [3.8, 4) is 17.2 Å². The van der Waals surface area contributed by atoms with E-state index >= 15 is 0 Å². The van der Waals surface area contributed by atoms with Crippen molar-refractivity contribution in [3.05, 3.63) is 63.7 Å². The second kappa shape index (κ2) is 8.63. The number of carbonyl (C=O) groups excluding carboxylic acids is 5. The zero-order chi connectivity index (χ0) is 25.7. The van der Waals surface area contributed by atoms with Gasteiger partial charge in [-0.3, -0.25) is 28.9 Å². The Balaban J connectivity index is 1.40. The number of fused-ring (bicyclic) bond motifs is 3. The number of amides is 3. The van der Waals surface area contributed by atoms with Crippen molar-refractivity contribution >= 4 is 29.3 Å². The van der Waals surface area contributed by atoms with Gasteiger partial charge in [0.25, 0.3) is 11.8 Å². The van der Waals surface area contributed by atoms with Gasteiger partial charge in [0.05, 0.1) is 23.8 Å². The summed E-state index contributed by atoms with van der Waals surface area (Å²) in [6.45, 7) is 0.0904. The number of benzene rings is 2. The SMILES string of the molecule is COc1cccc2c1C(=O)c1c(O)c3c(c(O)c1C2=O)C[C@@H](C(=O)NCCN1C(=O)C=CC1=O)CC3. The first-order valence-corrected chi connectivity index (χ1v) is 11.4.